The molecule has 746 valence electrons. The van der Waals surface area contributed by atoms with Crippen molar-refractivity contribution in [2.45, 2.75) is 118 Å². The number of aliphatic hydroxyl groups is 12. The predicted molar refractivity (Wildman–Crippen MR) is 505 cm³/mol. The minimum atomic E-state index is -2.67. The molecule has 4 heterocycles. The van der Waals surface area contributed by atoms with Crippen molar-refractivity contribution < 1.29 is 148 Å². The summed E-state index contributed by atoms with van der Waals surface area (Å²) in [4.78, 5) is 173. The molecular weight excluding hydrogens is 1880 g/mol. The summed E-state index contributed by atoms with van der Waals surface area (Å²) >= 11 is 1.38. The predicted octanol–water partition coefficient (Wildman–Crippen LogP) is 4.84. The lowest BCUT2D eigenvalue weighted by Crippen LogP contribution is -2.65. The van der Waals surface area contributed by atoms with Gasteiger partial charge in [0.15, 0.2) is 45.5 Å². The highest BCUT2D eigenvalue weighted by atomic mass is 32.1. The third kappa shape index (κ3) is 14.7. The number of aryl methyl sites for hydroxylation is 1. The van der Waals surface area contributed by atoms with E-state index in [1.807, 2.05) is 25.1 Å². The van der Waals surface area contributed by atoms with Crippen LogP contribution in [0.4, 0.5) is 0 Å². The number of likely N-dealkylation sites (N-methyl/N-ethyl adjacent to an activating group) is 4. The molecule has 0 saturated heterocycles. The van der Waals surface area contributed by atoms with Crippen molar-refractivity contribution in [3.05, 3.63) is 221 Å². The molecule has 8 aromatic rings. The molecule has 0 aliphatic heterocycles. The van der Waals surface area contributed by atoms with Crippen molar-refractivity contribution in [3.63, 3.8) is 0 Å². The van der Waals surface area contributed by atoms with Gasteiger partial charge < -0.3 is 118 Å². The molecule has 42 heteroatoms. The lowest BCUT2D eigenvalue weighted by atomic mass is 9.57. The first kappa shape index (κ1) is 99.3. The van der Waals surface area contributed by atoms with Gasteiger partial charge in [-0.3, -0.25) is 77.1 Å². The molecule has 0 spiro atoms. The van der Waals surface area contributed by atoms with Gasteiger partial charge in [-0.25, -0.2) is 9.97 Å². The molecule has 4 fully saturated rings. The number of hydrogen-bond donors (Lipinski definition) is 21. The maximum absolute atomic E-state index is 13.9. The Morgan fingerprint density at radius 1 is 0.406 bits per heavy atom. The van der Waals surface area contributed by atoms with E-state index >= 15 is 0 Å². The van der Waals surface area contributed by atoms with Gasteiger partial charge in [0.25, 0.3) is 23.6 Å². The Balaban J connectivity index is 0.000000131. The number of nitrogens with one attached hydrogen (secondary N) is 1. The van der Waals surface area contributed by atoms with Gasteiger partial charge in [0.05, 0.1) is 58.9 Å². The summed E-state index contributed by atoms with van der Waals surface area (Å²) in [6.45, 7) is 2.04. The van der Waals surface area contributed by atoms with E-state index in [1.165, 1.54) is 67.7 Å². The zero-order chi connectivity index (χ0) is 104. The lowest BCUT2D eigenvalue weighted by Gasteiger charge is -2.50. The first-order chi connectivity index (χ1) is 67.4. The number of nitrogens with two attached hydrogens (primary N) is 4. The number of thiazole rings is 1. The monoisotopic (exact) mass is 1980 g/mol. The van der Waals surface area contributed by atoms with E-state index < -0.39 is 232 Å². The molecule has 4 amide bonds. The summed E-state index contributed by atoms with van der Waals surface area (Å²) in [5, 5.41) is 180. The van der Waals surface area contributed by atoms with Gasteiger partial charge in [0.1, 0.15) is 108 Å². The van der Waals surface area contributed by atoms with Gasteiger partial charge in [0.2, 0.25) is 29.0 Å². The summed E-state index contributed by atoms with van der Waals surface area (Å²) in [5.41, 5.74) is 13.3. The van der Waals surface area contributed by atoms with Crippen LogP contribution in [0.15, 0.2) is 180 Å². The summed E-state index contributed by atoms with van der Waals surface area (Å²) in [5.74, 6) is -26.1. The molecule has 0 radical (unpaired) electrons. The number of H-pyrrole nitrogens is 1. The van der Waals surface area contributed by atoms with Gasteiger partial charge >= 0.3 is 0 Å². The topological polar surface area (TPSA) is 713 Å². The molecule has 4 aromatic carbocycles. The van der Waals surface area contributed by atoms with E-state index in [-0.39, 0.29) is 125 Å². The fraction of sp³-hybridized carbons (Fsp3) is 0.347. The molecular formula is C101H101N11O30S. The average Bonchev–Trinajstić information content (AvgIpc) is 0.924. The number of carbonyl (C=O) groups excluding carboxylic acids is 12. The zero-order valence-electron chi connectivity index (χ0n) is 78.1. The van der Waals surface area contributed by atoms with Crippen molar-refractivity contribution in [1.82, 2.24) is 34.6 Å². The molecule has 12 aliphatic rings. The number of primary amides is 4. The van der Waals surface area contributed by atoms with Crippen LogP contribution in [-0.2, 0) is 89.6 Å². The maximum Gasteiger partial charge on any atom is 0.255 e. The third-order valence-corrected chi connectivity index (χ3v) is 30.9. The van der Waals surface area contributed by atoms with Crippen LogP contribution >= 0.6 is 11.3 Å². The van der Waals surface area contributed by atoms with Crippen molar-refractivity contribution >= 4 is 104 Å². The molecule has 0 unspecified atom stereocenters. The summed E-state index contributed by atoms with van der Waals surface area (Å²) < 4.78 is 11.2. The SMILES string of the molecule is CCCc1ccoc1-c1ccc(O)c2c1C[C@H]1C[C@H]3[C@H](N(C)C)C(=O)C(C(N)=O)=C(O)[C@@]3(O)C(=O)C1=C2O.CN(C)[C@@H]1C(=O)C(C(N)=O)=C(O)[C@@]2(O)C(=O)C3=C(O)c4c(O)ccc(-c5ccc[nH]5)c4C[C@H]3C[C@@H]12.CN(C)[C@@H]1C(=O)C(C(N)=O)=C(O)[C@@]2(O)C(=O)C3=C(O)c4c(O)ccc(-c5ncco5)c4C[C@H]3C[C@@H]12.CN(C)[C@@H]1C(=O)C(C(N)=O)=C(O)[C@@]2(O)C(=O)C3=C(O)c4c(O)ccc(-c5nccs5)c4C[C@H]3C[C@@H]12. The van der Waals surface area contributed by atoms with Gasteiger partial charge in [-0.05, 0) is 232 Å². The number of carbonyl (C=O) groups is 12. The molecule has 143 heavy (non-hydrogen) atoms. The number of phenolic OH excluding ortho intramolecular Hbond substituents is 4. The molecule has 4 aromatic heterocycles. The van der Waals surface area contributed by atoms with E-state index in [1.54, 1.807) is 105 Å². The number of phenols is 4. The number of benzene rings is 4. The second kappa shape index (κ2) is 35.7. The Bertz CT molecular complexity index is 6710. The first-order valence-corrected chi connectivity index (χ1v) is 46.3. The zero-order valence-corrected chi connectivity index (χ0v) is 78.9. The first-order valence-electron chi connectivity index (χ1n) is 45.4. The van der Waals surface area contributed by atoms with E-state index in [9.17, 15) is 139 Å². The normalized spacial score (nSPS) is 27.8. The van der Waals surface area contributed by atoms with Crippen molar-refractivity contribution in [2.24, 2.45) is 70.3 Å². The molecule has 12 aliphatic carbocycles. The van der Waals surface area contributed by atoms with Gasteiger partial charge in [-0.2, -0.15) is 0 Å². The molecule has 41 nitrogen and oxygen atoms in total. The van der Waals surface area contributed by atoms with Crippen LogP contribution in [-0.4, -0.2) is 289 Å². The van der Waals surface area contributed by atoms with E-state index in [0.717, 1.165) is 29.7 Å². The second-order valence-corrected chi connectivity index (χ2v) is 39.5. The third-order valence-electron chi connectivity index (χ3n) is 30.1. The molecule has 4 saturated carbocycles. The number of nitrogens with zero attached hydrogens (tertiary/aromatic N) is 6. The minimum absolute atomic E-state index is 0.00639. The quantitative estimate of drug-likeness (QED) is 0.0647. The number of fused-ring (bicyclic) bond motifs is 12. The second-order valence-electron chi connectivity index (χ2n) is 38.6. The molecule has 16 atom stereocenters. The fourth-order valence-corrected chi connectivity index (χ4v) is 24.8. The Morgan fingerprint density at radius 3 is 1.01 bits per heavy atom. The van der Waals surface area contributed by atoms with Crippen LogP contribution in [0.2, 0.25) is 0 Å². The average molecular weight is 1980 g/mol. The van der Waals surface area contributed by atoms with Crippen LogP contribution < -0.4 is 22.9 Å². The number of hydrogen-bond acceptors (Lipinski definition) is 37. The van der Waals surface area contributed by atoms with Crippen LogP contribution in [0.1, 0.15) is 89.1 Å². The van der Waals surface area contributed by atoms with Crippen LogP contribution in [0.25, 0.3) is 67.6 Å². The van der Waals surface area contributed by atoms with Crippen molar-refractivity contribution in [1.29, 1.82) is 0 Å². The van der Waals surface area contributed by atoms with Crippen molar-refractivity contribution in [3.8, 4) is 67.6 Å². The molecule has 0 bridgehead atoms. The smallest absolute Gasteiger partial charge is 0.255 e. The Labute approximate surface area is 815 Å². The standard InChI is InChI=1S/C28H30N2O8.C25H25N3O7.C24H23N3O8.C24H23N3O7S/c1-4-5-12-8-9-38-24(12)14-6-7-17(31)19-15(14)10-13-11-16-21(30(2)3)23(33)20(27(29)36)26(35)28(16,37)25(34)18(13)22(19)32;1-28(2)19-13-9-10-8-12-11(14-4-3-7-27-14)5-6-15(29)17(12)20(30)16(10)22(32)25(13,35)23(33)18(21(19)31)24(26)34;2*1-27(2)17-12-8-9-7-11-10(23-26-5-6-35-23)3-4-13(28)15(11)18(29)14(9)20(31)24(12,34)21(32)16(19(17)30)22(25)33/h6-9,13,16,21,31-32,35,37H,4-5,10-11H2,1-3H3,(H2,29,36);3-7,10,13,19,27,29-30,33,35H,8-9H2,1-2H3,(H2,26,34);2*3-6,9,12,17,28-29,32,34H,7-8H2,1-2H3,(H2,25,33)/t13-,16-,21-,28-;10-,13-,19-,25-;2*9-,12-,17-,24-/m0000/s1. The number of ketones is 8. The number of aromatic nitrogens is 3. The highest BCUT2D eigenvalue weighted by molar-refractivity contribution is 7.13. The summed E-state index contributed by atoms with van der Waals surface area (Å²) in [7, 11) is 12.5. The van der Waals surface area contributed by atoms with E-state index in [0.29, 0.717) is 49.7 Å². The van der Waals surface area contributed by atoms with Crippen molar-refractivity contribution in [2.75, 3.05) is 56.4 Å². The lowest BCUT2D eigenvalue weighted by molar-refractivity contribution is -0.155. The summed E-state index contributed by atoms with van der Waals surface area (Å²) in [6, 6.07) is 13.2. The number of rotatable bonds is 14. The van der Waals surface area contributed by atoms with E-state index in [2.05, 4.69) is 15.0 Å². The number of aromatic amines is 1. The summed E-state index contributed by atoms with van der Waals surface area (Å²) in [6.07, 6.45) is 10.3. The van der Waals surface area contributed by atoms with Crippen LogP contribution in [0.5, 0.6) is 23.0 Å². The van der Waals surface area contributed by atoms with Crippen LogP contribution in [0, 0.1) is 47.3 Å². The largest absolute Gasteiger partial charge is 0.508 e. The van der Waals surface area contributed by atoms with Gasteiger partial charge in [0, 0.05) is 91.7 Å². The number of amides is 4. The number of oxazole rings is 1. The van der Waals surface area contributed by atoms with E-state index in [4.69, 9.17) is 31.8 Å². The maximum atomic E-state index is 13.9. The molecule has 20 rings (SSSR count). The Morgan fingerprint density at radius 2 is 0.720 bits per heavy atom. The highest BCUT2D eigenvalue weighted by Gasteiger charge is 2.70. The van der Waals surface area contributed by atoms with Gasteiger partial charge in [-0.15, -0.1) is 11.3 Å². The number of furan rings is 1. The Kier molecular flexibility index (Phi) is 24.8. The van der Waals surface area contributed by atoms with Gasteiger partial charge in [-0.1, -0.05) is 13.3 Å². The number of aliphatic hydroxyl groups excluding tert-OH is 8. The minimum Gasteiger partial charge on any atom is -0.508 e. The van der Waals surface area contributed by atoms with Crippen LogP contribution in [0.3, 0.4) is 0 Å². The Hall–Kier alpha value is -15.3. The fourth-order valence-electron chi connectivity index (χ4n) is 24.1. The number of Topliss-reactive ketones (excluding diaryl/α,β-unsaturated/α-hetero) is 8. The number of aromatic hydroxyl groups is 4. The molecule has 25 N–H and O–H groups in total. The highest BCUT2D eigenvalue weighted by Crippen LogP contribution is 2.61.